The van der Waals surface area contributed by atoms with Gasteiger partial charge in [-0.3, -0.25) is 0 Å². The Balaban J connectivity index is 1.88. The van der Waals surface area contributed by atoms with Crippen LogP contribution in [0.4, 0.5) is 5.69 Å². The van der Waals surface area contributed by atoms with E-state index in [0.717, 1.165) is 28.0 Å². The number of rotatable bonds is 4. The molecule has 0 atom stereocenters. The molecule has 0 spiro atoms. The first-order chi connectivity index (χ1) is 9.26. The number of fused-ring (bicyclic) bond motifs is 1. The van der Waals surface area contributed by atoms with Crippen LogP contribution >= 0.6 is 11.6 Å². The van der Waals surface area contributed by atoms with Crippen molar-refractivity contribution in [1.29, 1.82) is 0 Å². The first-order valence-electron chi connectivity index (χ1n) is 5.90. The van der Waals surface area contributed by atoms with Crippen LogP contribution in [0.3, 0.4) is 0 Å². The number of hydrogen-bond acceptors (Lipinski definition) is 4. The molecule has 0 bridgehead atoms. The number of nitrogens with zero attached hydrogens (tertiary/aromatic N) is 1. The zero-order chi connectivity index (χ0) is 13.2. The highest BCUT2D eigenvalue weighted by Crippen LogP contribution is 2.28. The van der Waals surface area contributed by atoms with Crippen LogP contribution in [0.15, 0.2) is 35.1 Å². The zero-order valence-corrected chi connectivity index (χ0v) is 10.9. The molecule has 0 aliphatic carbocycles. The summed E-state index contributed by atoms with van der Waals surface area (Å²) < 4.78 is 4.78. The van der Waals surface area contributed by atoms with E-state index in [1.807, 2.05) is 18.2 Å². The molecule has 0 saturated heterocycles. The van der Waals surface area contributed by atoms with Crippen LogP contribution in [-0.4, -0.2) is 10.1 Å². The lowest BCUT2D eigenvalue weighted by molar-refractivity contribution is 0.412. The Kier molecular flexibility index (Phi) is 3.15. The van der Waals surface area contributed by atoms with Gasteiger partial charge in [0.05, 0.1) is 17.3 Å². The topological polar surface area (TPSA) is 79.9 Å². The van der Waals surface area contributed by atoms with Gasteiger partial charge in [0.15, 0.2) is 0 Å². The molecule has 3 aromatic rings. The number of hydrogen-bond donors (Lipinski definition) is 3. The van der Waals surface area contributed by atoms with Crippen LogP contribution in [-0.2, 0) is 13.1 Å². The Bertz CT molecular complexity index is 690. The molecule has 2 heterocycles. The van der Waals surface area contributed by atoms with E-state index in [2.05, 4.69) is 15.5 Å². The van der Waals surface area contributed by atoms with Crippen molar-refractivity contribution >= 4 is 28.2 Å². The second kappa shape index (κ2) is 4.95. The van der Waals surface area contributed by atoms with E-state index >= 15 is 0 Å². The van der Waals surface area contributed by atoms with E-state index in [-0.39, 0.29) is 0 Å². The number of aromatic amines is 1. The molecule has 0 fully saturated rings. The minimum atomic E-state index is 0.480. The number of aromatic nitrogens is 2. The predicted molar refractivity (Wildman–Crippen MR) is 75.0 cm³/mol. The summed E-state index contributed by atoms with van der Waals surface area (Å²) in [5.74, 6) is 0. The Labute approximate surface area is 114 Å². The van der Waals surface area contributed by atoms with Gasteiger partial charge in [0.2, 0.25) is 0 Å². The third-order valence-electron chi connectivity index (χ3n) is 2.94. The third-order valence-corrected chi connectivity index (χ3v) is 3.25. The molecule has 98 valence electrons. The molecule has 2 aromatic heterocycles. The molecule has 0 radical (unpaired) electrons. The summed E-state index contributed by atoms with van der Waals surface area (Å²) in [5, 5.41) is 8.78. The van der Waals surface area contributed by atoms with Crippen LogP contribution in [0, 0.1) is 0 Å². The SMILES string of the molecule is NCc1cc2cc(Cl)c(NCc3ccon3)cc2[nH]1. The van der Waals surface area contributed by atoms with Crippen molar-refractivity contribution in [3.63, 3.8) is 0 Å². The van der Waals surface area contributed by atoms with Gasteiger partial charge < -0.3 is 20.6 Å². The summed E-state index contributed by atoms with van der Waals surface area (Å²) in [5.41, 5.74) is 9.28. The molecule has 1 aromatic carbocycles. The molecule has 0 aliphatic heterocycles. The molecule has 19 heavy (non-hydrogen) atoms. The normalized spacial score (nSPS) is 11.1. The highest BCUT2D eigenvalue weighted by atomic mass is 35.5. The Morgan fingerprint density at radius 1 is 1.37 bits per heavy atom. The van der Waals surface area contributed by atoms with Crippen molar-refractivity contribution in [2.45, 2.75) is 13.1 Å². The van der Waals surface area contributed by atoms with E-state index in [9.17, 15) is 0 Å². The Hall–Kier alpha value is -1.98. The van der Waals surface area contributed by atoms with Crippen molar-refractivity contribution in [1.82, 2.24) is 10.1 Å². The minimum Gasteiger partial charge on any atom is -0.378 e. The fourth-order valence-corrected chi connectivity index (χ4v) is 2.21. The molecule has 6 heteroatoms. The van der Waals surface area contributed by atoms with E-state index in [1.165, 1.54) is 0 Å². The van der Waals surface area contributed by atoms with Gasteiger partial charge in [-0.1, -0.05) is 16.8 Å². The standard InChI is InChI=1S/C13H13ClN4O/c14-11-4-8-3-10(6-15)17-12(8)5-13(11)16-7-9-1-2-19-18-9/h1-5,16-17H,6-7,15H2. The summed E-state index contributed by atoms with van der Waals surface area (Å²) in [7, 11) is 0. The van der Waals surface area contributed by atoms with E-state index in [0.29, 0.717) is 18.1 Å². The first-order valence-corrected chi connectivity index (χ1v) is 6.28. The van der Waals surface area contributed by atoms with Gasteiger partial charge in [-0.2, -0.15) is 0 Å². The maximum Gasteiger partial charge on any atom is 0.124 e. The van der Waals surface area contributed by atoms with E-state index in [4.69, 9.17) is 21.9 Å². The summed E-state index contributed by atoms with van der Waals surface area (Å²) in [6, 6.07) is 7.69. The second-order valence-electron chi connectivity index (χ2n) is 4.26. The molecule has 0 saturated carbocycles. The van der Waals surface area contributed by atoms with Crippen molar-refractivity contribution in [3.8, 4) is 0 Å². The van der Waals surface area contributed by atoms with Crippen molar-refractivity contribution < 1.29 is 4.52 Å². The van der Waals surface area contributed by atoms with Crippen molar-refractivity contribution in [2.75, 3.05) is 5.32 Å². The maximum absolute atomic E-state index is 6.24. The average molecular weight is 277 g/mol. The van der Waals surface area contributed by atoms with Gasteiger partial charge in [-0.25, -0.2) is 0 Å². The van der Waals surface area contributed by atoms with Crippen LogP contribution in [0.1, 0.15) is 11.4 Å². The lowest BCUT2D eigenvalue weighted by atomic mass is 10.2. The van der Waals surface area contributed by atoms with Gasteiger partial charge >= 0.3 is 0 Å². The zero-order valence-electron chi connectivity index (χ0n) is 10.1. The average Bonchev–Trinajstić information content (AvgIpc) is 3.04. The monoisotopic (exact) mass is 276 g/mol. The third kappa shape index (κ3) is 2.43. The number of benzene rings is 1. The van der Waals surface area contributed by atoms with E-state index < -0.39 is 0 Å². The fraction of sp³-hybridized carbons (Fsp3) is 0.154. The molecule has 0 aliphatic rings. The molecule has 0 unspecified atom stereocenters. The fourth-order valence-electron chi connectivity index (χ4n) is 1.97. The molecular formula is C13H13ClN4O. The Morgan fingerprint density at radius 2 is 2.26 bits per heavy atom. The van der Waals surface area contributed by atoms with Crippen molar-refractivity contribution in [2.24, 2.45) is 5.73 Å². The quantitative estimate of drug-likeness (QED) is 0.684. The van der Waals surface area contributed by atoms with Gasteiger partial charge in [0.25, 0.3) is 0 Å². The van der Waals surface area contributed by atoms with Crippen molar-refractivity contribution in [3.05, 3.63) is 46.9 Å². The molecule has 5 nitrogen and oxygen atoms in total. The smallest absolute Gasteiger partial charge is 0.124 e. The van der Waals surface area contributed by atoms with Crippen LogP contribution in [0.5, 0.6) is 0 Å². The number of nitrogens with two attached hydrogens (primary N) is 1. The maximum atomic E-state index is 6.24. The molecule has 3 rings (SSSR count). The lowest BCUT2D eigenvalue weighted by Gasteiger charge is -2.06. The summed E-state index contributed by atoms with van der Waals surface area (Å²) in [6.45, 7) is 1.04. The summed E-state index contributed by atoms with van der Waals surface area (Å²) in [4.78, 5) is 3.25. The second-order valence-corrected chi connectivity index (χ2v) is 4.67. The van der Waals surface area contributed by atoms with Gasteiger partial charge in [-0.05, 0) is 18.2 Å². The minimum absolute atomic E-state index is 0.480. The first kappa shape index (κ1) is 12.1. The summed E-state index contributed by atoms with van der Waals surface area (Å²) in [6.07, 6.45) is 1.54. The number of halogens is 1. The summed E-state index contributed by atoms with van der Waals surface area (Å²) >= 11 is 6.24. The van der Waals surface area contributed by atoms with Crippen LogP contribution in [0.25, 0.3) is 10.9 Å². The van der Waals surface area contributed by atoms with Crippen LogP contribution < -0.4 is 11.1 Å². The lowest BCUT2D eigenvalue weighted by Crippen LogP contribution is -2.00. The predicted octanol–water partition coefficient (Wildman–Crippen LogP) is 2.88. The highest BCUT2D eigenvalue weighted by Gasteiger charge is 2.06. The Morgan fingerprint density at radius 3 is 3.00 bits per heavy atom. The largest absolute Gasteiger partial charge is 0.378 e. The van der Waals surface area contributed by atoms with Gasteiger partial charge in [-0.15, -0.1) is 0 Å². The highest BCUT2D eigenvalue weighted by molar-refractivity contribution is 6.34. The molecular weight excluding hydrogens is 264 g/mol. The number of nitrogens with one attached hydrogen (secondary N) is 2. The number of anilines is 1. The molecule has 4 N–H and O–H groups in total. The van der Waals surface area contributed by atoms with Gasteiger partial charge in [0, 0.05) is 29.2 Å². The van der Waals surface area contributed by atoms with E-state index in [1.54, 1.807) is 12.3 Å². The molecule has 0 amide bonds. The van der Waals surface area contributed by atoms with Gasteiger partial charge in [0.1, 0.15) is 12.0 Å². The van der Waals surface area contributed by atoms with Crippen LogP contribution in [0.2, 0.25) is 5.02 Å². The number of H-pyrrole nitrogens is 1.